The van der Waals surface area contributed by atoms with E-state index in [0.29, 0.717) is 25.5 Å². The van der Waals surface area contributed by atoms with Gasteiger partial charge in [0.25, 0.3) is 0 Å². The number of carbonyl (C=O) groups excluding carboxylic acids is 1. The van der Waals surface area contributed by atoms with E-state index in [9.17, 15) is 4.79 Å². The first-order chi connectivity index (χ1) is 10.0. The minimum absolute atomic E-state index is 0.00335. The summed E-state index contributed by atoms with van der Waals surface area (Å²) < 4.78 is 5.66. The van der Waals surface area contributed by atoms with E-state index in [-0.39, 0.29) is 11.9 Å². The van der Waals surface area contributed by atoms with Crippen molar-refractivity contribution in [1.29, 1.82) is 0 Å². The van der Waals surface area contributed by atoms with Gasteiger partial charge in [-0.05, 0) is 51.3 Å². The number of rotatable bonds is 9. The van der Waals surface area contributed by atoms with Crippen molar-refractivity contribution in [2.45, 2.75) is 46.1 Å². The number of nitrogens with one attached hydrogen (secondary N) is 1. The molecular weight excluding hydrogens is 264 g/mol. The van der Waals surface area contributed by atoms with Crippen molar-refractivity contribution < 1.29 is 9.53 Å². The maximum Gasteiger partial charge on any atom is 0.220 e. The van der Waals surface area contributed by atoms with Crippen molar-refractivity contribution >= 4 is 5.91 Å². The van der Waals surface area contributed by atoms with E-state index in [1.165, 1.54) is 5.56 Å². The molecule has 0 fully saturated rings. The van der Waals surface area contributed by atoms with Crippen LogP contribution in [0.3, 0.4) is 0 Å². The summed E-state index contributed by atoms with van der Waals surface area (Å²) >= 11 is 0. The second-order valence-corrected chi connectivity index (χ2v) is 5.81. The molecule has 0 aromatic heterocycles. The predicted octanol–water partition coefficient (Wildman–Crippen LogP) is 2.64. The van der Waals surface area contributed by atoms with Gasteiger partial charge in [0.1, 0.15) is 12.4 Å². The molecule has 2 unspecified atom stereocenters. The molecule has 1 amide bonds. The molecule has 0 aliphatic rings. The van der Waals surface area contributed by atoms with Crippen molar-refractivity contribution in [2.75, 3.05) is 13.2 Å². The van der Waals surface area contributed by atoms with Gasteiger partial charge >= 0.3 is 0 Å². The average molecular weight is 292 g/mol. The van der Waals surface area contributed by atoms with Crippen molar-refractivity contribution in [3.05, 3.63) is 29.8 Å². The summed E-state index contributed by atoms with van der Waals surface area (Å²) in [7, 11) is 0. The molecule has 0 aliphatic heterocycles. The van der Waals surface area contributed by atoms with Crippen LogP contribution in [-0.2, 0) is 4.79 Å². The molecule has 0 aliphatic carbocycles. The minimum Gasteiger partial charge on any atom is -0.491 e. The van der Waals surface area contributed by atoms with Crippen molar-refractivity contribution in [3.8, 4) is 5.75 Å². The first kappa shape index (κ1) is 17.5. The van der Waals surface area contributed by atoms with E-state index >= 15 is 0 Å². The van der Waals surface area contributed by atoms with Gasteiger partial charge in [0, 0.05) is 6.42 Å². The molecule has 4 heteroatoms. The number of carbonyl (C=O) groups is 1. The quantitative estimate of drug-likeness (QED) is 0.735. The number of aryl methyl sites for hydroxylation is 1. The number of benzene rings is 1. The van der Waals surface area contributed by atoms with Crippen molar-refractivity contribution in [2.24, 2.45) is 11.7 Å². The van der Waals surface area contributed by atoms with Gasteiger partial charge < -0.3 is 15.8 Å². The Labute approximate surface area is 128 Å². The van der Waals surface area contributed by atoms with Gasteiger partial charge in [-0.2, -0.15) is 0 Å². The predicted molar refractivity (Wildman–Crippen MR) is 86.3 cm³/mol. The second-order valence-electron chi connectivity index (χ2n) is 5.81. The summed E-state index contributed by atoms with van der Waals surface area (Å²) in [5.41, 5.74) is 6.71. The number of hydrogen-bond donors (Lipinski definition) is 2. The lowest BCUT2D eigenvalue weighted by Crippen LogP contribution is -2.36. The molecule has 2 atom stereocenters. The van der Waals surface area contributed by atoms with Gasteiger partial charge in [0.05, 0.1) is 6.04 Å². The van der Waals surface area contributed by atoms with E-state index in [4.69, 9.17) is 10.5 Å². The largest absolute Gasteiger partial charge is 0.491 e. The third kappa shape index (κ3) is 7.71. The summed E-state index contributed by atoms with van der Waals surface area (Å²) in [5, 5.41) is 2.96. The molecule has 1 aromatic carbocycles. The normalized spacial score (nSPS) is 13.5. The summed E-state index contributed by atoms with van der Waals surface area (Å²) in [6.45, 7) is 7.29. The molecule has 0 heterocycles. The van der Waals surface area contributed by atoms with Crippen LogP contribution in [0.2, 0.25) is 0 Å². The number of ether oxygens (including phenoxy) is 1. The van der Waals surface area contributed by atoms with Crippen LogP contribution < -0.4 is 15.8 Å². The molecule has 1 rings (SSSR count). The first-order valence-corrected chi connectivity index (χ1v) is 7.70. The summed E-state index contributed by atoms with van der Waals surface area (Å²) in [6.07, 6.45) is 2.41. The van der Waals surface area contributed by atoms with Gasteiger partial charge in [-0.15, -0.1) is 0 Å². The lowest BCUT2D eigenvalue weighted by atomic mass is 10.0. The van der Waals surface area contributed by atoms with Gasteiger partial charge in [0.15, 0.2) is 0 Å². The Hall–Kier alpha value is -1.55. The van der Waals surface area contributed by atoms with Crippen LogP contribution in [0.4, 0.5) is 0 Å². The zero-order valence-corrected chi connectivity index (χ0v) is 13.4. The Morgan fingerprint density at radius 1 is 1.24 bits per heavy atom. The van der Waals surface area contributed by atoms with Crippen LogP contribution in [-0.4, -0.2) is 25.1 Å². The molecule has 3 N–H and O–H groups in total. The van der Waals surface area contributed by atoms with Crippen LogP contribution in [0.15, 0.2) is 24.3 Å². The van der Waals surface area contributed by atoms with Gasteiger partial charge in [-0.3, -0.25) is 4.79 Å². The number of nitrogens with two attached hydrogens (primary N) is 1. The lowest BCUT2D eigenvalue weighted by Gasteiger charge is -2.16. The van der Waals surface area contributed by atoms with Crippen LogP contribution in [0, 0.1) is 12.8 Å². The van der Waals surface area contributed by atoms with E-state index in [2.05, 4.69) is 12.2 Å². The first-order valence-electron chi connectivity index (χ1n) is 7.70. The fourth-order valence-electron chi connectivity index (χ4n) is 2.05. The summed E-state index contributed by atoms with van der Waals surface area (Å²) in [6, 6.07) is 7.91. The standard InChI is InChI=1S/C17H28N2O2/c1-13-4-7-16(8-5-13)21-12-15(3)19-17(20)9-6-14(2)10-11-18/h4-5,7-8,14-15H,6,9-12,18H2,1-3H3,(H,19,20). The second kappa shape index (κ2) is 9.40. The molecular formula is C17H28N2O2. The SMILES string of the molecule is Cc1ccc(OCC(C)NC(=O)CCC(C)CCN)cc1. The topological polar surface area (TPSA) is 64.3 Å². The van der Waals surface area contributed by atoms with E-state index in [1.54, 1.807) is 0 Å². The maximum atomic E-state index is 11.8. The fourth-order valence-corrected chi connectivity index (χ4v) is 2.05. The Morgan fingerprint density at radius 3 is 2.52 bits per heavy atom. The molecule has 0 radical (unpaired) electrons. The highest BCUT2D eigenvalue weighted by atomic mass is 16.5. The molecule has 0 saturated carbocycles. The molecule has 4 nitrogen and oxygen atoms in total. The number of hydrogen-bond acceptors (Lipinski definition) is 3. The maximum absolute atomic E-state index is 11.8. The van der Waals surface area contributed by atoms with Gasteiger partial charge in [-0.1, -0.05) is 24.6 Å². The van der Waals surface area contributed by atoms with Crippen LogP contribution >= 0.6 is 0 Å². The molecule has 0 saturated heterocycles. The fraction of sp³-hybridized carbons (Fsp3) is 0.588. The third-order valence-corrected chi connectivity index (χ3v) is 3.45. The van der Waals surface area contributed by atoms with E-state index < -0.39 is 0 Å². The van der Waals surface area contributed by atoms with Crippen LogP contribution in [0.1, 0.15) is 38.7 Å². The zero-order chi connectivity index (χ0) is 15.7. The Bertz CT molecular complexity index is 417. The highest BCUT2D eigenvalue weighted by Crippen LogP contribution is 2.12. The Kier molecular flexibility index (Phi) is 7.83. The average Bonchev–Trinajstić information content (AvgIpc) is 2.45. The highest BCUT2D eigenvalue weighted by molar-refractivity contribution is 5.76. The van der Waals surface area contributed by atoms with E-state index in [0.717, 1.165) is 18.6 Å². The van der Waals surface area contributed by atoms with E-state index in [1.807, 2.05) is 38.1 Å². The summed E-state index contributed by atoms with van der Waals surface area (Å²) in [4.78, 5) is 11.8. The van der Waals surface area contributed by atoms with Crippen LogP contribution in [0.5, 0.6) is 5.75 Å². The molecule has 118 valence electrons. The number of amides is 1. The Morgan fingerprint density at radius 2 is 1.90 bits per heavy atom. The molecule has 21 heavy (non-hydrogen) atoms. The smallest absolute Gasteiger partial charge is 0.220 e. The van der Waals surface area contributed by atoms with Crippen LogP contribution in [0.25, 0.3) is 0 Å². The highest BCUT2D eigenvalue weighted by Gasteiger charge is 2.10. The summed E-state index contributed by atoms with van der Waals surface area (Å²) in [5.74, 6) is 1.41. The van der Waals surface area contributed by atoms with Crippen molar-refractivity contribution in [3.63, 3.8) is 0 Å². The Balaban J connectivity index is 2.21. The molecule has 0 spiro atoms. The lowest BCUT2D eigenvalue weighted by molar-refractivity contribution is -0.122. The third-order valence-electron chi connectivity index (χ3n) is 3.45. The zero-order valence-electron chi connectivity index (χ0n) is 13.4. The van der Waals surface area contributed by atoms with Gasteiger partial charge in [0.2, 0.25) is 5.91 Å². The van der Waals surface area contributed by atoms with Crippen molar-refractivity contribution in [1.82, 2.24) is 5.32 Å². The minimum atomic E-state index is 0.00335. The molecule has 0 bridgehead atoms. The monoisotopic (exact) mass is 292 g/mol. The van der Waals surface area contributed by atoms with Gasteiger partial charge in [-0.25, -0.2) is 0 Å². The molecule has 1 aromatic rings.